The Labute approximate surface area is 96.2 Å². The summed E-state index contributed by atoms with van der Waals surface area (Å²) in [5, 5.41) is 0. The molecule has 0 amide bonds. The molecule has 2 heteroatoms. The molecule has 16 heavy (non-hydrogen) atoms. The van der Waals surface area contributed by atoms with E-state index in [1.54, 1.807) is 13.0 Å². The monoisotopic (exact) mass is 216 g/mol. The van der Waals surface area contributed by atoms with Gasteiger partial charge in [-0.25, -0.2) is 4.79 Å². The number of carbonyl (C=O) groups excluding carboxylic acids is 1. The summed E-state index contributed by atoms with van der Waals surface area (Å²) in [7, 11) is 0. The van der Waals surface area contributed by atoms with Crippen LogP contribution in [0.3, 0.4) is 0 Å². The zero-order chi connectivity index (χ0) is 11.8. The number of hydrogen-bond acceptors (Lipinski definition) is 2. The first-order chi connectivity index (χ1) is 7.77. The van der Waals surface area contributed by atoms with Crippen LogP contribution in [-0.2, 0) is 9.53 Å². The molecule has 0 N–H and O–H groups in total. The topological polar surface area (TPSA) is 26.3 Å². The molecule has 0 aromatic heterocycles. The molecule has 84 valence electrons. The van der Waals surface area contributed by atoms with Gasteiger partial charge in [-0.15, -0.1) is 6.58 Å². The van der Waals surface area contributed by atoms with Crippen LogP contribution in [0.4, 0.5) is 0 Å². The van der Waals surface area contributed by atoms with Crippen LogP contribution in [0.15, 0.2) is 48.6 Å². The maximum absolute atomic E-state index is 11.6. The lowest BCUT2D eigenvalue weighted by molar-refractivity contribution is -0.138. The van der Waals surface area contributed by atoms with Crippen molar-refractivity contribution in [3.8, 4) is 0 Å². The fraction of sp³-hybridized carbons (Fsp3) is 0.214. The predicted molar refractivity (Wildman–Crippen MR) is 65.9 cm³/mol. The lowest BCUT2D eigenvalue weighted by Gasteiger charge is -2.04. The van der Waals surface area contributed by atoms with Crippen molar-refractivity contribution in [3.63, 3.8) is 0 Å². The number of rotatable bonds is 5. The van der Waals surface area contributed by atoms with Gasteiger partial charge in [0.1, 0.15) is 0 Å². The van der Waals surface area contributed by atoms with Gasteiger partial charge in [-0.1, -0.05) is 36.4 Å². The van der Waals surface area contributed by atoms with E-state index in [1.165, 1.54) is 0 Å². The Bertz CT molecular complexity index is 377. The minimum Gasteiger partial charge on any atom is -0.463 e. The molecule has 0 spiro atoms. The van der Waals surface area contributed by atoms with E-state index < -0.39 is 0 Å². The SMILES string of the molecule is C=CC/C(=C\c1ccccc1)C(=O)OCC. The van der Waals surface area contributed by atoms with Crippen LogP contribution < -0.4 is 0 Å². The molecule has 0 unspecified atom stereocenters. The number of esters is 1. The maximum Gasteiger partial charge on any atom is 0.334 e. The fourth-order valence-electron chi connectivity index (χ4n) is 1.33. The molecule has 1 aromatic carbocycles. The molecule has 0 aliphatic heterocycles. The summed E-state index contributed by atoms with van der Waals surface area (Å²) in [6, 6.07) is 9.70. The van der Waals surface area contributed by atoms with Gasteiger partial charge in [0.2, 0.25) is 0 Å². The normalized spacial score (nSPS) is 10.9. The van der Waals surface area contributed by atoms with Crippen molar-refractivity contribution in [1.82, 2.24) is 0 Å². The van der Waals surface area contributed by atoms with E-state index in [-0.39, 0.29) is 5.97 Å². The molecule has 0 heterocycles. The molecule has 0 saturated carbocycles. The average molecular weight is 216 g/mol. The summed E-state index contributed by atoms with van der Waals surface area (Å²) in [5.41, 5.74) is 1.62. The summed E-state index contributed by atoms with van der Waals surface area (Å²) in [6.45, 7) is 5.82. The summed E-state index contributed by atoms with van der Waals surface area (Å²) in [6.07, 6.45) is 4.05. The summed E-state index contributed by atoms with van der Waals surface area (Å²) in [4.78, 5) is 11.6. The third kappa shape index (κ3) is 3.73. The lowest BCUT2D eigenvalue weighted by Crippen LogP contribution is -2.06. The molecular formula is C14H16O2. The van der Waals surface area contributed by atoms with Crippen LogP contribution in [0.1, 0.15) is 18.9 Å². The first-order valence-electron chi connectivity index (χ1n) is 5.31. The van der Waals surface area contributed by atoms with Crippen LogP contribution in [0, 0.1) is 0 Å². The molecule has 1 aromatic rings. The quantitative estimate of drug-likeness (QED) is 0.429. The second-order valence-corrected chi connectivity index (χ2v) is 3.29. The molecule has 2 nitrogen and oxygen atoms in total. The molecule has 0 saturated heterocycles. The van der Waals surface area contributed by atoms with Gasteiger partial charge >= 0.3 is 5.97 Å². The van der Waals surface area contributed by atoms with Crippen LogP contribution in [0.25, 0.3) is 6.08 Å². The van der Waals surface area contributed by atoms with Crippen molar-refractivity contribution >= 4 is 12.0 Å². The van der Waals surface area contributed by atoms with Gasteiger partial charge in [0.25, 0.3) is 0 Å². The molecule has 0 fully saturated rings. The molecule has 0 aliphatic rings. The highest BCUT2D eigenvalue weighted by Crippen LogP contribution is 2.11. The molecule has 0 radical (unpaired) electrons. The van der Waals surface area contributed by atoms with E-state index in [1.807, 2.05) is 36.4 Å². The molecule has 0 aliphatic carbocycles. The molecule has 0 atom stereocenters. The molecule has 0 bridgehead atoms. The highest BCUT2D eigenvalue weighted by molar-refractivity contribution is 5.93. The number of hydrogen-bond donors (Lipinski definition) is 0. The van der Waals surface area contributed by atoms with Crippen molar-refractivity contribution in [3.05, 3.63) is 54.1 Å². The van der Waals surface area contributed by atoms with Crippen molar-refractivity contribution in [2.24, 2.45) is 0 Å². The third-order valence-electron chi connectivity index (χ3n) is 2.04. The van der Waals surface area contributed by atoms with Gasteiger partial charge in [0, 0.05) is 5.57 Å². The summed E-state index contributed by atoms with van der Waals surface area (Å²) < 4.78 is 4.97. The van der Waals surface area contributed by atoms with E-state index in [0.717, 1.165) is 5.56 Å². The average Bonchev–Trinajstić information content (AvgIpc) is 2.30. The minimum absolute atomic E-state index is 0.272. The van der Waals surface area contributed by atoms with Gasteiger partial charge in [0.15, 0.2) is 0 Å². The Morgan fingerprint density at radius 1 is 1.38 bits per heavy atom. The molecule has 1 rings (SSSR count). The van der Waals surface area contributed by atoms with Crippen molar-refractivity contribution in [2.45, 2.75) is 13.3 Å². The Morgan fingerprint density at radius 3 is 2.62 bits per heavy atom. The van der Waals surface area contributed by atoms with E-state index >= 15 is 0 Å². The third-order valence-corrected chi connectivity index (χ3v) is 2.04. The van der Waals surface area contributed by atoms with Gasteiger partial charge in [0.05, 0.1) is 6.61 Å². The van der Waals surface area contributed by atoms with Gasteiger partial charge in [-0.2, -0.15) is 0 Å². The largest absolute Gasteiger partial charge is 0.463 e. The van der Waals surface area contributed by atoms with Crippen LogP contribution in [0.5, 0.6) is 0 Å². The highest BCUT2D eigenvalue weighted by Gasteiger charge is 2.08. The maximum atomic E-state index is 11.6. The van der Waals surface area contributed by atoms with Crippen molar-refractivity contribution < 1.29 is 9.53 Å². The summed E-state index contributed by atoms with van der Waals surface area (Å²) in [5.74, 6) is -0.272. The zero-order valence-corrected chi connectivity index (χ0v) is 9.48. The van der Waals surface area contributed by atoms with Crippen LogP contribution in [-0.4, -0.2) is 12.6 Å². The standard InChI is InChI=1S/C14H16O2/c1-3-8-13(14(15)16-4-2)11-12-9-6-5-7-10-12/h3,5-7,9-11H,1,4,8H2,2H3/b13-11+. The van der Waals surface area contributed by atoms with E-state index in [2.05, 4.69) is 6.58 Å². The van der Waals surface area contributed by atoms with Gasteiger partial charge in [-0.05, 0) is 25.0 Å². The van der Waals surface area contributed by atoms with E-state index in [4.69, 9.17) is 4.74 Å². The Morgan fingerprint density at radius 2 is 2.06 bits per heavy atom. The lowest BCUT2D eigenvalue weighted by atomic mass is 10.1. The smallest absolute Gasteiger partial charge is 0.334 e. The predicted octanol–water partition coefficient (Wildman–Crippen LogP) is 3.21. The number of allylic oxidation sites excluding steroid dienone is 1. The Kier molecular flexibility index (Phi) is 5.06. The minimum atomic E-state index is -0.272. The highest BCUT2D eigenvalue weighted by atomic mass is 16.5. The van der Waals surface area contributed by atoms with Crippen molar-refractivity contribution in [1.29, 1.82) is 0 Å². The first-order valence-corrected chi connectivity index (χ1v) is 5.31. The first kappa shape index (κ1) is 12.2. The van der Waals surface area contributed by atoms with E-state index in [0.29, 0.717) is 18.6 Å². The second kappa shape index (κ2) is 6.62. The Hall–Kier alpha value is -1.83. The number of benzene rings is 1. The van der Waals surface area contributed by atoms with E-state index in [9.17, 15) is 4.79 Å². The number of ether oxygens (including phenoxy) is 1. The fourth-order valence-corrected chi connectivity index (χ4v) is 1.33. The summed E-state index contributed by atoms with van der Waals surface area (Å²) >= 11 is 0. The van der Waals surface area contributed by atoms with Gasteiger partial charge < -0.3 is 4.74 Å². The Balaban J connectivity index is 2.88. The zero-order valence-electron chi connectivity index (χ0n) is 9.48. The van der Waals surface area contributed by atoms with Crippen LogP contribution >= 0.6 is 0 Å². The molecular weight excluding hydrogens is 200 g/mol. The second-order valence-electron chi connectivity index (χ2n) is 3.29. The van der Waals surface area contributed by atoms with Gasteiger partial charge in [-0.3, -0.25) is 0 Å². The van der Waals surface area contributed by atoms with Crippen molar-refractivity contribution in [2.75, 3.05) is 6.61 Å². The number of carbonyl (C=O) groups is 1. The van der Waals surface area contributed by atoms with Crippen LogP contribution in [0.2, 0.25) is 0 Å².